The molecule has 2 amide bonds. The molecule has 1 heterocycles. The summed E-state index contributed by atoms with van der Waals surface area (Å²) in [6, 6.07) is 6.69. The van der Waals surface area contributed by atoms with Crippen molar-refractivity contribution < 1.29 is 4.79 Å². The third-order valence-corrected chi connectivity index (χ3v) is 3.41. The topological polar surface area (TPSA) is 50.2 Å². The minimum Gasteiger partial charge on any atom is -0.322 e. The monoisotopic (exact) mass is 312 g/mol. The number of aromatic nitrogens is 2. The number of nitrogens with zero attached hydrogens (tertiary/aromatic N) is 3. The molecule has 0 bridgehead atoms. The van der Waals surface area contributed by atoms with Crippen molar-refractivity contribution in [2.24, 2.45) is 7.05 Å². The fourth-order valence-corrected chi connectivity index (χ4v) is 2.01. The molecule has 0 fully saturated rings. The van der Waals surface area contributed by atoms with Crippen LogP contribution in [0.5, 0.6) is 0 Å². The number of aryl methyl sites for hydroxylation is 1. The zero-order valence-corrected chi connectivity index (χ0v) is 12.6. The first kappa shape index (κ1) is 14.7. The Morgan fingerprint density at radius 3 is 2.55 bits per heavy atom. The van der Waals surface area contributed by atoms with Crippen molar-refractivity contribution in [3.05, 3.63) is 46.2 Å². The molecular formula is C13H14Cl2N4O. The minimum absolute atomic E-state index is 0.232. The van der Waals surface area contributed by atoms with Crippen LogP contribution in [0.1, 0.15) is 5.69 Å². The molecular weight excluding hydrogens is 299 g/mol. The quantitative estimate of drug-likeness (QED) is 0.944. The number of amides is 2. The Morgan fingerprint density at radius 2 is 2.00 bits per heavy atom. The maximum atomic E-state index is 12.1. The van der Waals surface area contributed by atoms with Crippen LogP contribution in [-0.4, -0.2) is 27.8 Å². The number of nitrogens with one attached hydrogen (secondary N) is 1. The molecule has 0 aliphatic heterocycles. The van der Waals surface area contributed by atoms with Crippen molar-refractivity contribution in [2.45, 2.75) is 6.54 Å². The number of anilines is 1. The summed E-state index contributed by atoms with van der Waals surface area (Å²) in [4.78, 5) is 13.6. The van der Waals surface area contributed by atoms with Crippen LogP contribution in [0, 0.1) is 0 Å². The molecule has 2 rings (SSSR count). The van der Waals surface area contributed by atoms with E-state index in [0.29, 0.717) is 22.3 Å². The van der Waals surface area contributed by atoms with Gasteiger partial charge >= 0.3 is 6.03 Å². The van der Waals surface area contributed by atoms with Crippen molar-refractivity contribution in [3.63, 3.8) is 0 Å². The van der Waals surface area contributed by atoms with Gasteiger partial charge in [0, 0.05) is 24.8 Å². The molecule has 0 unspecified atom stereocenters. The van der Waals surface area contributed by atoms with Crippen molar-refractivity contribution >= 4 is 34.9 Å². The Kier molecular flexibility index (Phi) is 4.52. The van der Waals surface area contributed by atoms with Crippen LogP contribution in [0.25, 0.3) is 0 Å². The third-order valence-electron chi connectivity index (χ3n) is 2.84. The lowest BCUT2D eigenvalue weighted by Crippen LogP contribution is -2.31. The molecule has 0 aliphatic carbocycles. The Hall–Kier alpha value is -1.72. The number of urea groups is 1. The maximum Gasteiger partial charge on any atom is 0.321 e. The highest BCUT2D eigenvalue weighted by atomic mass is 35.5. The predicted molar refractivity (Wildman–Crippen MR) is 80.2 cm³/mol. The second-order valence-corrected chi connectivity index (χ2v) is 5.20. The Morgan fingerprint density at radius 1 is 1.35 bits per heavy atom. The third kappa shape index (κ3) is 3.43. The van der Waals surface area contributed by atoms with E-state index in [0.717, 1.165) is 5.69 Å². The zero-order valence-electron chi connectivity index (χ0n) is 11.1. The van der Waals surface area contributed by atoms with Gasteiger partial charge in [0.15, 0.2) is 0 Å². The van der Waals surface area contributed by atoms with Crippen LogP contribution in [0.2, 0.25) is 10.0 Å². The number of carbonyl (C=O) groups is 1. The molecule has 1 N–H and O–H groups in total. The number of halogens is 2. The Labute approximate surface area is 127 Å². The van der Waals surface area contributed by atoms with Gasteiger partial charge in [-0.1, -0.05) is 23.2 Å². The van der Waals surface area contributed by atoms with Gasteiger partial charge in [0.25, 0.3) is 0 Å². The molecule has 1 aromatic carbocycles. The van der Waals surface area contributed by atoms with Gasteiger partial charge < -0.3 is 10.2 Å². The van der Waals surface area contributed by atoms with Crippen LogP contribution in [-0.2, 0) is 13.6 Å². The van der Waals surface area contributed by atoms with Crippen molar-refractivity contribution in [2.75, 3.05) is 12.4 Å². The highest BCUT2D eigenvalue weighted by Gasteiger charge is 2.14. The van der Waals surface area contributed by atoms with Crippen LogP contribution < -0.4 is 5.32 Å². The summed E-state index contributed by atoms with van der Waals surface area (Å²) in [5, 5.41) is 7.97. The van der Waals surface area contributed by atoms with E-state index in [9.17, 15) is 4.79 Å². The first-order valence-corrected chi connectivity index (χ1v) is 6.67. The van der Waals surface area contributed by atoms with Gasteiger partial charge in [0.1, 0.15) is 0 Å². The molecule has 0 saturated carbocycles. The highest BCUT2D eigenvalue weighted by molar-refractivity contribution is 6.31. The van der Waals surface area contributed by atoms with E-state index in [2.05, 4.69) is 10.4 Å². The first-order chi connectivity index (χ1) is 9.47. The molecule has 0 aliphatic rings. The second-order valence-electron chi connectivity index (χ2n) is 4.36. The predicted octanol–water partition coefficient (Wildman–Crippen LogP) is 3.39. The van der Waals surface area contributed by atoms with Crippen LogP contribution in [0.4, 0.5) is 10.5 Å². The number of carbonyl (C=O) groups excluding carboxylic acids is 1. The van der Waals surface area contributed by atoms with Gasteiger partial charge in [0.05, 0.1) is 23.5 Å². The fourth-order valence-electron chi connectivity index (χ4n) is 1.66. The fraction of sp³-hybridized carbons (Fsp3) is 0.231. The van der Waals surface area contributed by atoms with Crippen molar-refractivity contribution in [3.8, 4) is 0 Å². The van der Waals surface area contributed by atoms with E-state index >= 15 is 0 Å². The normalized spacial score (nSPS) is 10.4. The lowest BCUT2D eigenvalue weighted by atomic mass is 10.3. The summed E-state index contributed by atoms with van der Waals surface area (Å²) in [7, 11) is 3.47. The molecule has 0 radical (unpaired) electrons. The van der Waals surface area contributed by atoms with E-state index in [1.165, 1.54) is 4.90 Å². The summed E-state index contributed by atoms with van der Waals surface area (Å²) in [6.07, 6.45) is 1.56. The number of hydrogen-bond donors (Lipinski definition) is 1. The van der Waals surface area contributed by atoms with E-state index < -0.39 is 0 Å². The van der Waals surface area contributed by atoms with Gasteiger partial charge in [-0.05, 0) is 24.3 Å². The van der Waals surface area contributed by atoms with E-state index in [1.807, 2.05) is 0 Å². The average molecular weight is 313 g/mol. The smallest absolute Gasteiger partial charge is 0.321 e. The molecule has 0 spiro atoms. The highest BCUT2D eigenvalue weighted by Crippen LogP contribution is 2.17. The SMILES string of the molecule is CN(Cc1c(Cl)cnn1C)C(=O)Nc1ccc(Cl)cc1. The number of rotatable bonds is 3. The van der Waals surface area contributed by atoms with Crippen LogP contribution in [0.3, 0.4) is 0 Å². The Balaban J connectivity index is 2.00. The summed E-state index contributed by atoms with van der Waals surface area (Å²) in [5.74, 6) is 0. The van der Waals surface area contributed by atoms with Gasteiger partial charge in [-0.2, -0.15) is 5.10 Å². The van der Waals surface area contributed by atoms with Crippen LogP contribution >= 0.6 is 23.2 Å². The molecule has 20 heavy (non-hydrogen) atoms. The Bertz CT molecular complexity index is 590. The molecule has 106 valence electrons. The van der Waals surface area contributed by atoms with Gasteiger partial charge in [-0.3, -0.25) is 4.68 Å². The zero-order chi connectivity index (χ0) is 14.7. The summed E-state index contributed by atoms with van der Waals surface area (Å²) < 4.78 is 1.65. The molecule has 1 aromatic heterocycles. The molecule has 0 saturated heterocycles. The van der Waals surface area contributed by atoms with E-state index in [4.69, 9.17) is 23.2 Å². The molecule has 2 aromatic rings. The lowest BCUT2D eigenvalue weighted by molar-refractivity contribution is 0.219. The maximum absolute atomic E-state index is 12.1. The summed E-state index contributed by atoms with van der Waals surface area (Å²) in [6.45, 7) is 0.370. The van der Waals surface area contributed by atoms with E-state index in [-0.39, 0.29) is 6.03 Å². The van der Waals surface area contributed by atoms with Crippen LogP contribution in [0.15, 0.2) is 30.5 Å². The minimum atomic E-state index is -0.232. The number of hydrogen-bond acceptors (Lipinski definition) is 2. The van der Waals surface area contributed by atoms with Gasteiger partial charge in [-0.15, -0.1) is 0 Å². The molecule has 5 nitrogen and oxygen atoms in total. The lowest BCUT2D eigenvalue weighted by Gasteiger charge is -2.18. The van der Waals surface area contributed by atoms with Crippen molar-refractivity contribution in [1.29, 1.82) is 0 Å². The molecule has 0 atom stereocenters. The number of benzene rings is 1. The second kappa shape index (κ2) is 6.15. The van der Waals surface area contributed by atoms with E-state index in [1.54, 1.807) is 49.2 Å². The first-order valence-electron chi connectivity index (χ1n) is 5.91. The molecule has 7 heteroatoms. The summed E-state index contributed by atoms with van der Waals surface area (Å²) in [5.41, 5.74) is 1.46. The van der Waals surface area contributed by atoms with Gasteiger partial charge in [-0.25, -0.2) is 4.79 Å². The van der Waals surface area contributed by atoms with Gasteiger partial charge in [0.2, 0.25) is 0 Å². The van der Waals surface area contributed by atoms with Crippen molar-refractivity contribution in [1.82, 2.24) is 14.7 Å². The largest absolute Gasteiger partial charge is 0.322 e. The standard InChI is InChI=1S/C13H14Cl2N4O/c1-18(8-12-11(15)7-16-19(12)2)13(20)17-10-5-3-9(14)4-6-10/h3-7H,8H2,1-2H3,(H,17,20). The summed E-state index contributed by atoms with van der Waals surface area (Å²) >= 11 is 11.8. The average Bonchev–Trinajstić information content (AvgIpc) is 2.73.